The van der Waals surface area contributed by atoms with Gasteiger partial charge in [0.2, 0.25) is 5.79 Å². The first-order chi connectivity index (χ1) is 16.8. The number of hydrogen-bond acceptors (Lipinski definition) is 9. The predicted molar refractivity (Wildman–Crippen MR) is 127 cm³/mol. The van der Waals surface area contributed by atoms with Crippen LogP contribution in [0.25, 0.3) is 0 Å². The molecule has 1 unspecified atom stereocenters. The molecule has 2 fully saturated rings. The van der Waals surface area contributed by atoms with Crippen molar-refractivity contribution in [3.8, 4) is 5.75 Å². The number of hydrogen-bond donors (Lipinski definition) is 5. The third-order valence-electron chi connectivity index (χ3n) is 6.59. The van der Waals surface area contributed by atoms with Crippen molar-refractivity contribution in [2.24, 2.45) is 0 Å². The van der Waals surface area contributed by atoms with Crippen LogP contribution in [0.5, 0.6) is 5.75 Å². The Morgan fingerprint density at radius 2 is 1.77 bits per heavy atom. The highest BCUT2D eigenvalue weighted by Crippen LogP contribution is 2.41. The Labute approximate surface area is 209 Å². The van der Waals surface area contributed by atoms with E-state index in [0.29, 0.717) is 43.5 Å². The molecule has 0 bridgehead atoms. The second-order valence-corrected chi connectivity index (χ2v) is 9.16. The highest BCUT2D eigenvalue weighted by atomic mass is 35.5. The SMILES string of the molecule is CCOc1ccc(C(c2cc([C@]3(O)O[C@H](CO)[C@@H](O)[C@H](O)[C@H]3O)ccc2Cl)N2CCOCC2)cc1. The van der Waals surface area contributed by atoms with Crippen molar-refractivity contribution in [3.05, 3.63) is 64.2 Å². The molecular formula is C25H32ClNO8. The molecule has 2 aliphatic heterocycles. The van der Waals surface area contributed by atoms with Gasteiger partial charge in [0.1, 0.15) is 30.2 Å². The summed E-state index contributed by atoms with van der Waals surface area (Å²) < 4.78 is 16.6. The summed E-state index contributed by atoms with van der Waals surface area (Å²) >= 11 is 6.67. The summed E-state index contributed by atoms with van der Waals surface area (Å²) in [6, 6.07) is 12.1. The number of ether oxygens (including phenoxy) is 3. The zero-order valence-electron chi connectivity index (χ0n) is 19.5. The molecule has 2 aromatic carbocycles. The minimum atomic E-state index is -2.38. The maximum absolute atomic E-state index is 11.3. The summed E-state index contributed by atoms with van der Waals surface area (Å²) in [5, 5.41) is 52.4. The maximum atomic E-state index is 11.3. The first kappa shape index (κ1) is 26.3. The van der Waals surface area contributed by atoms with E-state index in [2.05, 4.69) is 4.90 Å². The second-order valence-electron chi connectivity index (χ2n) is 8.75. The van der Waals surface area contributed by atoms with E-state index in [1.54, 1.807) is 12.1 Å². The van der Waals surface area contributed by atoms with Crippen LogP contribution in [-0.2, 0) is 15.3 Å². The Kier molecular flexibility index (Phi) is 8.32. The van der Waals surface area contributed by atoms with Gasteiger partial charge in [-0.1, -0.05) is 29.8 Å². The summed E-state index contributed by atoms with van der Waals surface area (Å²) in [4.78, 5) is 2.21. The number of benzene rings is 2. The van der Waals surface area contributed by atoms with Crippen molar-refractivity contribution in [3.63, 3.8) is 0 Å². The molecule has 2 heterocycles. The Morgan fingerprint density at radius 1 is 1.09 bits per heavy atom. The van der Waals surface area contributed by atoms with Gasteiger partial charge in [0.05, 0.1) is 32.5 Å². The van der Waals surface area contributed by atoms with Crippen LogP contribution in [0, 0.1) is 0 Å². The Morgan fingerprint density at radius 3 is 2.40 bits per heavy atom. The Bertz CT molecular complexity index is 984. The molecule has 2 aliphatic rings. The van der Waals surface area contributed by atoms with Crippen LogP contribution >= 0.6 is 11.6 Å². The van der Waals surface area contributed by atoms with Gasteiger partial charge in [-0.3, -0.25) is 4.90 Å². The van der Waals surface area contributed by atoms with E-state index in [4.69, 9.17) is 25.8 Å². The van der Waals surface area contributed by atoms with E-state index in [1.165, 1.54) is 6.07 Å². The molecule has 2 saturated heterocycles. The molecule has 0 aliphatic carbocycles. The van der Waals surface area contributed by atoms with Crippen molar-refractivity contribution < 1.29 is 39.7 Å². The van der Waals surface area contributed by atoms with E-state index in [-0.39, 0.29) is 11.6 Å². The molecule has 10 heteroatoms. The lowest BCUT2D eigenvalue weighted by atomic mass is 9.86. The number of nitrogens with zero attached hydrogens (tertiary/aromatic N) is 1. The van der Waals surface area contributed by atoms with E-state index in [9.17, 15) is 25.5 Å². The van der Waals surface area contributed by atoms with Crippen LogP contribution in [0.4, 0.5) is 0 Å². The van der Waals surface area contributed by atoms with Crippen LogP contribution in [0.2, 0.25) is 5.02 Å². The van der Waals surface area contributed by atoms with Gasteiger partial charge >= 0.3 is 0 Å². The number of aliphatic hydroxyl groups is 5. The third kappa shape index (κ3) is 5.20. The molecule has 2 aromatic rings. The van der Waals surface area contributed by atoms with Gasteiger partial charge in [-0.25, -0.2) is 0 Å². The minimum absolute atomic E-state index is 0.137. The minimum Gasteiger partial charge on any atom is -0.494 e. The van der Waals surface area contributed by atoms with Gasteiger partial charge in [0.25, 0.3) is 0 Å². The monoisotopic (exact) mass is 509 g/mol. The summed E-state index contributed by atoms with van der Waals surface area (Å²) in [6.07, 6.45) is -6.45. The Hall–Kier alpha value is -1.79. The normalized spacial score (nSPS) is 30.7. The fourth-order valence-electron chi connectivity index (χ4n) is 4.70. The van der Waals surface area contributed by atoms with E-state index in [1.807, 2.05) is 31.2 Å². The Balaban J connectivity index is 1.77. The molecule has 35 heavy (non-hydrogen) atoms. The standard InChI is InChI=1S/C25H32ClNO8/c1-2-34-17-6-3-15(4-7-17)21(27-9-11-33-12-10-27)18-13-16(5-8-19(18)26)25(32)24(31)23(30)22(29)20(14-28)35-25/h3-8,13,20-24,28-32H,2,9-12,14H2,1H3/t20-,21?,22-,23+,24-,25+/m1/s1. The van der Waals surface area contributed by atoms with Gasteiger partial charge in [-0.05, 0) is 42.3 Å². The van der Waals surface area contributed by atoms with Crippen molar-refractivity contribution in [1.82, 2.24) is 4.90 Å². The lowest BCUT2D eigenvalue weighted by molar-refractivity contribution is -0.357. The summed E-state index contributed by atoms with van der Waals surface area (Å²) in [5.74, 6) is -1.63. The fraction of sp³-hybridized carbons (Fsp3) is 0.520. The molecule has 5 N–H and O–H groups in total. The number of halogens is 1. The number of morpholine rings is 1. The van der Waals surface area contributed by atoms with Crippen molar-refractivity contribution in [1.29, 1.82) is 0 Å². The molecule has 4 rings (SSSR count). The third-order valence-corrected chi connectivity index (χ3v) is 6.93. The summed E-state index contributed by atoms with van der Waals surface area (Å²) in [7, 11) is 0. The zero-order valence-corrected chi connectivity index (χ0v) is 20.2. The molecule has 6 atom stereocenters. The molecule has 0 aromatic heterocycles. The summed E-state index contributed by atoms with van der Waals surface area (Å²) in [6.45, 7) is 4.22. The lowest BCUT2D eigenvalue weighted by Crippen LogP contribution is -2.63. The van der Waals surface area contributed by atoms with Crippen LogP contribution in [0.3, 0.4) is 0 Å². The smallest absolute Gasteiger partial charge is 0.222 e. The highest BCUT2D eigenvalue weighted by molar-refractivity contribution is 6.31. The van der Waals surface area contributed by atoms with E-state index in [0.717, 1.165) is 11.3 Å². The maximum Gasteiger partial charge on any atom is 0.222 e. The predicted octanol–water partition coefficient (Wildman–Crippen LogP) is 0.779. The van der Waals surface area contributed by atoms with Gasteiger partial charge in [0, 0.05) is 23.7 Å². The van der Waals surface area contributed by atoms with Crippen molar-refractivity contribution in [2.45, 2.75) is 43.2 Å². The topological polar surface area (TPSA) is 132 Å². The number of aliphatic hydroxyl groups excluding tert-OH is 4. The average molecular weight is 510 g/mol. The van der Waals surface area contributed by atoms with Crippen LogP contribution in [0.15, 0.2) is 42.5 Å². The van der Waals surface area contributed by atoms with Crippen LogP contribution in [-0.4, -0.2) is 94.4 Å². The van der Waals surface area contributed by atoms with Crippen LogP contribution < -0.4 is 4.74 Å². The molecule has 9 nitrogen and oxygen atoms in total. The van der Waals surface area contributed by atoms with E-state index < -0.39 is 36.8 Å². The lowest BCUT2D eigenvalue weighted by Gasteiger charge is -2.45. The molecule has 192 valence electrons. The van der Waals surface area contributed by atoms with Gasteiger partial charge in [-0.2, -0.15) is 0 Å². The zero-order chi connectivity index (χ0) is 25.2. The quantitative estimate of drug-likeness (QED) is 0.367. The van der Waals surface area contributed by atoms with E-state index >= 15 is 0 Å². The molecule has 0 radical (unpaired) electrons. The first-order valence-electron chi connectivity index (χ1n) is 11.7. The average Bonchev–Trinajstić information content (AvgIpc) is 2.88. The molecule has 0 spiro atoms. The molecule has 0 saturated carbocycles. The number of rotatable bonds is 7. The summed E-state index contributed by atoms with van der Waals surface area (Å²) in [5.41, 5.74) is 1.73. The van der Waals surface area contributed by atoms with Crippen molar-refractivity contribution in [2.75, 3.05) is 39.5 Å². The largest absolute Gasteiger partial charge is 0.494 e. The van der Waals surface area contributed by atoms with Crippen LogP contribution in [0.1, 0.15) is 29.7 Å². The molecular weight excluding hydrogens is 478 g/mol. The van der Waals surface area contributed by atoms with Gasteiger partial charge < -0.3 is 39.7 Å². The second kappa shape index (κ2) is 11.1. The van der Waals surface area contributed by atoms with Crippen molar-refractivity contribution >= 4 is 11.6 Å². The first-order valence-corrected chi connectivity index (χ1v) is 12.1. The van der Waals surface area contributed by atoms with Gasteiger partial charge in [-0.15, -0.1) is 0 Å². The fourth-order valence-corrected chi connectivity index (χ4v) is 4.93. The highest BCUT2D eigenvalue weighted by Gasteiger charge is 2.53. The molecule has 0 amide bonds. The van der Waals surface area contributed by atoms with Gasteiger partial charge in [0.15, 0.2) is 0 Å².